The van der Waals surface area contributed by atoms with Crippen LogP contribution in [0.1, 0.15) is 6.92 Å². The number of oxazole rings is 1. The standard InChI is InChI=1S/C17H15N3O4S/c1-10(25-17-20-15-13(24-17)3-2-6-18-15)16(21)19-11-4-5-12-14(9-11)23-8-7-22-12/h2-6,9-10H,7-8H2,1H3,(H,19,21). The van der Waals surface area contributed by atoms with Crippen LogP contribution in [0.5, 0.6) is 11.5 Å². The second kappa shape index (κ2) is 6.64. The number of carbonyl (C=O) groups excluding carboxylic acids is 1. The maximum Gasteiger partial charge on any atom is 0.259 e. The van der Waals surface area contributed by atoms with Crippen LogP contribution >= 0.6 is 11.8 Å². The van der Waals surface area contributed by atoms with E-state index < -0.39 is 0 Å². The van der Waals surface area contributed by atoms with Gasteiger partial charge in [-0.05, 0) is 31.2 Å². The number of benzene rings is 1. The van der Waals surface area contributed by atoms with Crippen molar-refractivity contribution in [2.75, 3.05) is 18.5 Å². The molecular weight excluding hydrogens is 342 g/mol. The van der Waals surface area contributed by atoms with Crippen molar-refractivity contribution in [3.8, 4) is 11.5 Å². The number of carbonyl (C=O) groups is 1. The molecule has 1 N–H and O–H groups in total. The van der Waals surface area contributed by atoms with Gasteiger partial charge in [-0.15, -0.1) is 0 Å². The fourth-order valence-corrected chi connectivity index (χ4v) is 3.11. The van der Waals surface area contributed by atoms with Crippen molar-refractivity contribution in [3.05, 3.63) is 36.5 Å². The van der Waals surface area contributed by atoms with Crippen molar-refractivity contribution in [3.63, 3.8) is 0 Å². The van der Waals surface area contributed by atoms with Crippen LogP contribution in [0.3, 0.4) is 0 Å². The smallest absolute Gasteiger partial charge is 0.259 e. The minimum absolute atomic E-state index is 0.156. The summed E-state index contributed by atoms with van der Waals surface area (Å²) in [5.41, 5.74) is 1.79. The van der Waals surface area contributed by atoms with Crippen molar-refractivity contribution >= 4 is 34.6 Å². The molecule has 1 atom stereocenters. The SMILES string of the molecule is CC(Sc1nc2ncccc2o1)C(=O)Nc1ccc2c(c1)OCCO2. The minimum Gasteiger partial charge on any atom is -0.486 e. The van der Waals surface area contributed by atoms with E-state index in [4.69, 9.17) is 13.9 Å². The van der Waals surface area contributed by atoms with Gasteiger partial charge in [-0.3, -0.25) is 4.79 Å². The average molecular weight is 357 g/mol. The van der Waals surface area contributed by atoms with E-state index >= 15 is 0 Å². The van der Waals surface area contributed by atoms with E-state index in [9.17, 15) is 4.79 Å². The largest absolute Gasteiger partial charge is 0.486 e. The molecule has 1 aliphatic rings. The molecule has 0 radical (unpaired) electrons. The Labute approximate surface area is 147 Å². The fourth-order valence-electron chi connectivity index (χ4n) is 2.37. The van der Waals surface area contributed by atoms with Crippen LogP contribution in [0.15, 0.2) is 46.2 Å². The molecule has 0 spiro atoms. The Kier molecular flexibility index (Phi) is 4.19. The lowest BCUT2D eigenvalue weighted by atomic mass is 10.2. The van der Waals surface area contributed by atoms with Crippen LogP contribution in [0, 0.1) is 0 Å². The summed E-state index contributed by atoms with van der Waals surface area (Å²) in [5, 5.41) is 2.89. The van der Waals surface area contributed by atoms with E-state index in [0.29, 0.717) is 46.9 Å². The van der Waals surface area contributed by atoms with Crippen molar-refractivity contribution < 1.29 is 18.7 Å². The number of rotatable bonds is 4. The molecule has 7 nitrogen and oxygen atoms in total. The Morgan fingerprint density at radius 2 is 2.08 bits per heavy atom. The molecule has 1 aromatic carbocycles. The van der Waals surface area contributed by atoms with Gasteiger partial charge in [0.2, 0.25) is 5.91 Å². The molecule has 3 heterocycles. The van der Waals surface area contributed by atoms with Gasteiger partial charge in [-0.25, -0.2) is 4.98 Å². The maximum atomic E-state index is 12.4. The Morgan fingerprint density at radius 3 is 2.92 bits per heavy atom. The van der Waals surface area contributed by atoms with Gasteiger partial charge in [0.1, 0.15) is 13.2 Å². The van der Waals surface area contributed by atoms with E-state index in [-0.39, 0.29) is 11.2 Å². The molecule has 8 heteroatoms. The second-order valence-corrected chi connectivity index (χ2v) is 6.70. The van der Waals surface area contributed by atoms with Crippen LogP contribution in [-0.4, -0.2) is 34.3 Å². The van der Waals surface area contributed by atoms with E-state index in [1.807, 2.05) is 0 Å². The highest BCUT2D eigenvalue weighted by molar-refractivity contribution is 8.00. The molecule has 0 saturated carbocycles. The predicted molar refractivity (Wildman–Crippen MR) is 93.2 cm³/mol. The lowest BCUT2D eigenvalue weighted by Gasteiger charge is -2.19. The quantitative estimate of drug-likeness (QED) is 0.718. The third-order valence-electron chi connectivity index (χ3n) is 3.60. The van der Waals surface area contributed by atoms with Crippen LogP contribution in [0.2, 0.25) is 0 Å². The molecule has 25 heavy (non-hydrogen) atoms. The Balaban J connectivity index is 1.43. The van der Waals surface area contributed by atoms with Gasteiger partial charge >= 0.3 is 0 Å². The molecule has 2 aromatic heterocycles. The topological polar surface area (TPSA) is 86.5 Å². The van der Waals surface area contributed by atoms with Crippen LogP contribution < -0.4 is 14.8 Å². The van der Waals surface area contributed by atoms with Gasteiger partial charge in [0, 0.05) is 18.0 Å². The first kappa shape index (κ1) is 15.8. The average Bonchev–Trinajstić information content (AvgIpc) is 3.03. The number of anilines is 1. The number of thioether (sulfide) groups is 1. The molecule has 0 fully saturated rings. The zero-order valence-corrected chi connectivity index (χ0v) is 14.2. The number of ether oxygens (including phenoxy) is 2. The fraction of sp³-hybridized carbons (Fsp3) is 0.235. The van der Waals surface area contributed by atoms with E-state index in [1.165, 1.54) is 11.8 Å². The van der Waals surface area contributed by atoms with Gasteiger partial charge in [-0.2, -0.15) is 4.98 Å². The number of amides is 1. The molecule has 1 unspecified atom stereocenters. The molecule has 128 valence electrons. The van der Waals surface area contributed by atoms with Crippen molar-refractivity contribution in [2.24, 2.45) is 0 Å². The minimum atomic E-state index is -0.388. The highest BCUT2D eigenvalue weighted by Crippen LogP contribution is 2.33. The normalized spacial score (nSPS) is 14.3. The van der Waals surface area contributed by atoms with E-state index in [2.05, 4.69) is 15.3 Å². The molecular formula is C17H15N3O4S. The Morgan fingerprint density at radius 1 is 1.24 bits per heavy atom. The lowest BCUT2D eigenvalue weighted by Crippen LogP contribution is -2.22. The summed E-state index contributed by atoms with van der Waals surface area (Å²) >= 11 is 1.24. The third kappa shape index (κ3) is 3.39. The number of nitrogens with one attached hydrogen (secondary N) is 1. The van der Waals surface area contributed by atoms with Gasteiger partial charge in [0.25, 0.3) is 5.22 Å². The van der Waals surface area contributed by atoms with Gasteiger partial charge < -0.3 is 19.2 Å². The maximum absolute atomic E-state index is 12.4. The summed E-state index contributed by atoms with van der Waals surface area (Å²) < 4.78 is 16.6. The lowest BCUT2D eigenvalue weighted by molar-refractivity contribution is -0.115. The molecule has 4 rings (SSSR count). The van der Waals surface area contributed by atoms with E-state index in [1.54, 1.807) is 43.5 Å². The first-order valence-electron chi connectivity index (χ1n) is 7.78. The van der Waals surface area contributed by atoms with Crippen molar-refractivity contribution in [1.29, 1.82) is 0 Å². The number of pyridine rings is 1. The highest BCUT2D eigenvalue weighted by atomic mass is 32.2. The summed E-state index contributed by atoms with van der Waals surface area (Å²) in [6, 6.07) is 8.90. The number of fused-ring (bicyclic) bond motifs is 2. The molecule has 0 bridgehead atoms. The first-order valence-corrected chi connectivity index (χ1v) is 8.66. The van der Waals surface area contributed by atoms with Crippen LogP contribution in [0.25, 0.3) is 11.2 Å². The first-order chi connectivity index (χ1) is 12.2. The summed E-state index contributed by atoms with van der Waals surface area (Å²) in [7, 11) is 0. The summed E-state index contributed by atoms with van der Waals surface area (Å²) in [5.74, 6) is 1.16. The second-order valence-electron chi connectivity index (χ2n) is 5.41. The number of hydrogen-bond donors (Lipinski definition) is 1. The summed E-state index contributed by atoms with van der Waals surface area (Å²) in [6.07, 6.45) is 1.65. The zero-order valence-electron chi connectivity index (χ0n) is 13.4. The molecule has 1 amide bonds. The monoisotopic (exact) mass is 357 g/mol. The number of aromatic nitrogens is 2. The predicted octanol–water partition coefficient (Wildman–Crippen LogP) is 3.11. The number of nitrogens with zero attached hydrogens (tertiary/aromatic N) is 2. The van der Waals surface area contributed by atoms with Gasteiger partial charge in [0.05, 0.1) is 5.25 Å². The Bertz CT molecular complexity index is 894. The molecule has 3 aromatic rings. The molecule has 0 aliphatic carbocycles. The van der Waals surface area contributed by atoms with Gasteiger partial charge in [0.15, 0.2) is 22.7 Å². The van der Waals surface area contributed by atoms with Crippen molar-refractivity contribution in [2.45, 2.75) is 17.4 Å². The van der Waals surface area contributed by atoms with Crippen LogP contribution in [-0.2, 0) is 4.79 Å². The number of hydrogen-bond acceptors (Lipinski definition) is 7. The van der Waals surface area contributed by atoms with E-state index in [0.717, 1.165) is 0 Å². The Hall–Kier alpha value is -2.74. The van der Waals surface area contributed by atoms with Crippen LogP contribution in [0.4, 0.5) is 5.69 Å². The summed E-state index contributed by atoms with van der Waals surface area (Å²) in [4.78, 5) is 20.8. The third-order valence-corrected chi connectivity index (χ3v) is 4.55. The molecule has 0 saturated heterocycles. The summed E-state index contributed by atoms with van der Waals surface area (Å²) in [6.45, 7) is 2.83. The molecule has 1 aliphatic heterocycles. The van der Waals surface area contributed by atoms with Crippen molar-refractivity contribution in [1.82, 2.24) is 9.97 Å². The zero-order chi connectivity index (χ0) is 17.2. The van der Waals surface area contributed by atoms with Gasteiger partial charge in [-0.1, -0.05) is 11.8 Å². The highest BCUT2D eigenvalue weighted by Gasteiger charge is 2.19.